The molecule has 166 valence electrons. The number of hydrogen-bond donors (Lipinski definition) is 1. The molecule has 6 nitrogen and oxygen atoms in total. The lowest BCUT2D eigenvalue weighted by atomic mass is 9.63. The second-order valence-electron chi connectivity index (χ2n) is 9.65. The average Bonchev–Trinajstić information content (AvgIpc) is 2.67. The number of aliphatic carboxylic acids is 1. The van der Waals surface area contributed by atoms with E-state index < -0.39 is 17.2 Å². The van der Waals surface area contributed by atoms with Gasteiger partial charge in [-0.05, 0) is 82.4 Å². The van der Waals surface area contributed by atoms with Gasteiger partial charge in [0.15, 0.2) is 0 Å². The number of nitrogens with zero attached hydrogens (tertiary/aromatic N) is 1. The number of piperidine rings is 1. The smallest absolute Gasteiger partial charge is 0.410 e. The Morgan fingerprint density at radius 3 is 2.27 bits per heavy atom. The van der Waals surface area contributed by atoms with Crippen LogP contribution in [0.25, 0.3) is 0 Å². The fourth-order valence-corrected chi connectivity index (χ4v) is 5.06. The molecule has 0 radical (unpaired) electrons. The van der Waals surface area contributed by atoms with E-state index in [9.17, 15) is 14.7 Å². The summed E-state index contributed by atoms with van der Waals surface area (Å²) in [5, 5.41) is 9.18. The Morgan fingerprint density at radius 2 is 1.73 bits per heavy atom. The maximum Gasteiger partial charge on any atom is 0.410 e. The molecule has 1 aliphatic carbocycles. The van der Waals surface area contributed by atoms with E-state index in [4.69, 9.17) is 9.47 Å². The van der Waals surface area contributed by atoms with Crippen LogP contribution in [0.15, 0.2) is 28.7 Å². The highest BCUT2D eigenvalue weighted by molar-refractivity contribution is 9.10. The molecule has 2 aliphatic rings. The molecule has 1 aliphatic heterocycles. The van der Waals surface area contributed by atoms with E-state index in [1.807, 2.05) is 49.9 Å². The Bertz CT molecular complexity index is 770. The minimum atomic E-state index is -0.949. The molecule has 1 N–H and O–H groups in total. The first-order valence-corrected chi connectivity index (χ1v) is 11.4. The van der Waals surface area contributed by atoms with Crippen molar-refractivity contribution in [3.05, 3.63) is 34.3 Å². The largest absolute Gasteiger partial charge is 0.480 e. The summed E-state index contributed by atoms with van der Waals surface area (Å²) in [4.78, 5) is 25.4. The number of hydrogen-bond acceptors (Lipinski definition) is 4. The SMILES string of the molecule is CC(C)(C)OC(=O)N1CCC2(CC1)CCC(OCC(=O)O)(c1cccc(Br)c1)CC2. The maximum atomic E-state index is 12.4. The number of carboxylic acids is 1. The molecule has 1 heterocycles. The molecule has 0 unspecified atom stereocenters. The fraction of sp³-hybridized carbons (Fsp3) is 0.652. The van der Waals surface area contributed by atoms with Gasteiger partial charge in [0.25, 0.3) is 0 Å². The van der Waals surface area contributed by atoms with E-state index in [0.29, 0.717) is 13.1 Å². The van der Waals surface area contributed by atoms with Crippen LogP contribution < -0.4 is 0 Å². The van der Waals surface area contributed by atoms with Crippen LogP contribution in [0.3, 0.4) is 0 Å². The Balaban J connectivity index is 1.66. The number of ether oxygens (including phenoxy) is 2. The molecule has 1 saturated carbocycles. The molecule has 0 bridgehead atoms. The number of halogens is 1. The van der Waals surface area contributed by atoms with Crippen LogP contribution in [0.5, 0.6) is 0 Å². The van der Waals surface area contributed by atoms with Crippen LogP contribution in [-0.4, -0.2) is 47.4 Å². The number of carbonyl (C=O) groups excluding carboxylic acids is 1. The summed E-state index contributed by atoms with van der Waals surface area (Å²) < 4.78 is 12.5. The van der Waals surface area contributed by atoms with Crippen molar-refractivity contribution in [3.8, 4) is 0 Å². The first-order valence-electron chi connectivity index (χ1n) is 10.6. The summed E-state index contributed by atoms with van der Waals surface area (Å²) >= 11 is 3.52. The zero-order valence-corrected chi connectivity index (χ0v) is 19.7. The third-order valence-electron chi connectivity index (χ3n) is 6.42. The summed E-state index contributed by atoms with van der Waals surface area (Å²) in [6, 6.07) is 7.99. The van der Waals surface area contributed by atoms with E-state index in [1.165, 1.54) is 0 Å². The summed E-state index contributed by atoms with van der Waals surface area (Å²) in [5.41, 5.74) is 0.150. The van der Waals surface area contributed by atoms with Gasteiger partial charge in [0.05, 0.1) is 5.60 Å². The van der Waals surface area contributed by atoms with Crippen LogP contribution in [0, 0.1) is 5.41 Å². The topological polar surface area (TPSA) is 76.1 Å². The molecule has 2 fully saturated rings. The Kier molecular flexibility index (Phi) is 6.82. The molecule has 3 rings (SSSR count). The third kappa shape index (κ3) is 5.55. The van der Waals surface area contributed by atoms with Gasteiger partial charge in [0.2, 0.25) is 0 Å². The standard InChI is InChI=1S/C23H32BrNO5/c1-21(2,3)30-20(28)25-13-11-22(12-14-25)7-9-23(10-8-22,29-16-19(26)27)17-5-4-6-18(24)15-17/h4-6,15H,7-14,16H2,1-3H3,(H,26,27). The van der Waals surface area contributed by atoms with E-state index in [-0.39, 0.29) is 18.1 Å². The summed E-state index contributed by atoms with van der Waals surface area (Å²) in [6.07, 6.45) is 5.13. The number of benzene rings is 1. The zero-order chi connectivity index (χ0) is 22.0. The number of likely N-dealkylation sites (tertiary alicyclic amines) is 1. The second-order valence-corrected chi connectivity index (χ2v) is 10.6. The van der Waals surface area contributed by atoms with Crippen molar-refractivity contribution in [2.24, 2.45) is 5.41 Å². The molecule has 1 aromatic carbocycles. The highest BCUT2D eigenvalue weighted by Gasteiger charge is 2.46. The summed E-state index contributed by atoms with van der Waals surface area (Å²) in [7, 11) is 0. The third-order valence-corrected chi connectivity index (χ3v) is 6.91. The lowest BCUT2D eigenvalue weighted by Gasteiger charge is -2.49. The first kappa shape index (κ1) is 23.1. The van der Waals surface area contributed by atoms with Crippen molar-refractivity contribution in [1.82, 2.24) is 4.90 Å². The predicted molar refractivity (Wildman–Crippen MR) is 117 cm³/mol. The molecule has 1 amide bonds. The quantitative estimate of drug-likeness (QED) is 0.627. The van der Waals surface area contributed by atoms with Gasteiger partial charge in [0, 0.05) is 17.6 Å². The number of amides is 1. The van der Waals surface area contributed by atoms with Crippen molar-refractivity contribution >= 4 is 28.0 Å². The van der Waals surface area contributed by atoms with Gasteiger partial charge in [-0.25, -0.2) is 9.59 Å². The van der Waals surface area contributed by atoms with Crippen molar-refractivity contribution in [2.75, 3.05) is 19.7 Å². The average molecular weight is 482 g/mol. The highest BCUT2D eigenvalue weighted by Crippen LogP contribution is 2.52. The molecule has 1 saturated heterocycles. The van der Waals surface area contributed by atoms with Gasteiger partial charge in [-0.2, -0.15) is 0 Å². The monoisotopic (exact) mass is 481 g/mol. The first-order chi connectivity index (χ1) is 14.0. The normalized spacial score (nSPS) is 20.7. The summed E-state index contributed by atoms with van der Waals surface area (Å²) in [6.45, 7) is 6.76. The van der Waals surface area contributed by atoms with Crippen LogP contribution in [-0.2, 0) is 19.9 Å². The van der Waals surface area contributed by atoms with E-state index >= 15 is 0 Å². The van der Waals surface area contributed by atoms with Gasteiger partial charge in [-0.3, -0.25) is 0 Å². The molecule has 30 heavy (non-hydrogen) atoms. The molecule has 1 spiro atoms. The van der Waals surface area contributed by atoms with Crippen LogP contribution in [0.2, 0.25) is 0 Å². The van der Waals surface area contributed by atoms with Crippen LogP contribution >= 0.6 is 15.9 Å². The molecular weight excluding hydrogens is 450 g/mol. The number of carboxylic acid groups (broad SMARTS) is 1. The highest BCUT2D eigenvalue weighted by atomic mass is 79.9. The van der Waals surface area contributed by atoms with Gasteiger partial charge in [-0.1, -0.05) is 28.1 Å². The fourth-order valence-electron chi connectivity index (χ4n) is 4.66. The molecular formula is C23H32BrNO5. The van der Waals surface area contributed by atoms with Crippen molar-refractivity contribution < 1.29 is 24.2 Å². The zero-order valence-electron chi connectivity index (χ0n) is 18.1. The number of carbonyl (C=O) groups is 2. The lowest BCUT2D eigenvalue weighted by molar-refractivity contribution is -0.157. The minimum absolute atomic E-state index is 0.181. The molecule has 1 aromatic rings. The lowest BCUT2D eigenvalue weighted by Crippen LogP contribution is -2.48. The summed E-state index contributed by atoms with van der Waals surface area (Å²) in [5.74, 6) is -0.949. The second kappa shape index (κ2) is 8.87. The van der Waals surface area contributed by atoms with Gasteiger partial charge >= 0.3 is 12.1 Å². The van der Waals surface area contributed by atoms with Gasteiger partial charge < -0.3 is 19.5 Å². The Morgan fingerprint density at radius 1 is 1.10 bits per heavy atom. The van der Waals surface area contributed by atoms with E-state index in [2.05, 4.69) is 15.9 Å². The maximum absolute atomic E-state index is 12.4. The van der Waals surface area contributed by atoms with Gasteiger partial charge in [-0.15, -0.1) is 0 Å². The van der Waals surface area contributed by atoms with Gasteiger partial charge in [0.1, 0.15) is 12.2 Å². The van der Waals surface area contributed by atoms with E-state index in [1.54, 1.807) is 0 Å². The minimum Gasteiger partial charge on any atom is -0.480 e. The molecule has 7 heteroatoms. The number of rotatable bonds is 4. The Hall–Kier alpha value is -1.60. The van der Waals surface area contributed by atoms with Crippen molar-refractivity contribution in [3.63, 3.8) is 0 Å². The van der Waals surface area contributed by atoms with Crippen molar-refractivity contribution in [1.29, 1.82) is 0 Å². The van der Waals surface area contributed by atoms with Crippen molar-refractivity contribution in [2.45, 2.75) is 70.5 Å². The van der Waals surface area contributed by atoms with E-state index in [0.717, 1.165) is 48.6 Å². The Labute approximate surface area is 187 Å². The van der Waals surface area contributed by atoms with Crippen LogP contribution in [0.1, 0.15) is 64.9 Å². The van der Waals surface area contributed by atoms with Crippen LogP contribution in [0.4, 0.5) is 4.79 Å². The molecule has 0 atom stereocenters. The predicted octanol–water partition coefficient (Wildman–Crippen LogP) is 5.34. The molecule has 0 aromatic heterocycles.